The van der Waals surface area contributed by atoms with Crippen molar-refractivity contribution in [2.75, 3.05) is 0 Å². The van der Waals surface area contributed by atoms with Crippen molar-refractivity contribution in [3.8, 4) is 0 Å². The number of carboxylic acids is 1. The number of aliphatic carboxylic acids is 1. The largest absolute Gasteiger partial charge is 0.479 e. The van der Waals surface area contributed by atoms with Crippen LogP contribution in [0.15, 0.2) is 16.7 Å². The van der Waals surface area contributed by atoms with Gasteiger partial charge in [0.1, 0.15) is 5.76 Å². The third-order valence-electron chi connectivity index (χ3n) is 1.38. The molecule has 1 rings (SSSR count). The highest BCUT2D eigenvalue weighted by atomic mass is 16.4. The summed E-state index contributed by atoms with van der Waals surface area (Å²) in [6.45, 7) is 1.67. The number of rotatable bonds is 2. The summed E-state index contributed by atoms with van der Waals surface area (Å²) in [4.78, 5) is 10.2. The normalized spacial score (nSPS) is 12.9. The first-order valence-corrected chi connectivity index (χ1v) is 3.08. The van der Waals surface area contributed by atoms with Gasteiger partial charge >= 0.3 is 5.97 Å². The molecule has 0 radical (unpaired) electrons. The second-order valence-electron chi connectivity index (χ2n) is 2.21. The van der Waals surface area contributed by atoms with Crippen LogP contribution in [0.2, 0.25) is 0 Å². The van der Waals surface area contributed by atoms with Gasteiger partial charge in [-0.2, -0.15) is 0 Å². The zero-order valence-corrected chi connectivity index (χ0v) is 5.94. The van der Waals surface area contributed by atoms with E-state index in [-0.39, 0.29) is 5.76 Å². The topological polar surface area (TPSA) is 70.7 Å². The van der Waals surface area contributed by atoms with Crippen LogP contribution in [0.4, 0.5) is 0 Å². The smallest absolute Gasteiger partial charge is 0.340 e. The van der Waals surface area contributed by atoms with Gasteiger partial charge in [0.25, 0.3) is 0 Å². The van der Waals surface area contributed by atoms with Crippen LogP contribution in [0.25, 0.3) is 0 Å². The SMILES string of the molecule is Cc1ccoc1C(O)C(=O)O. The van der Waals surface area contributed by atoms with E-state index in [9.17, 15) is 4.79 Å². The molecule has 1 aromatic heterocycles. The number of aliphatic hydroxyl groups excluding tert-OH is 1. The molecule has 4 heteroatoms. The first kappa shape index (κ1) is 7.81. The Hall–Kier alpha value is -1.29. The molecule has 0 aliphatic heterocycles. The van der Waals surface area contributed by atoms with Gasteiger partial charge in [0.2, 0.25) is 6.10 Å². The third kappa shape index (κ3) is 1.40. The minimum Gasteiger partial charge on any atom is -0.479 e. The summed E-state index contributed by atoms with van der Waals surface area (Å²) >= 11 is 0. The van der Waals surface area contributed by atoms with E-state index in [0.29, 0.717) is 5.56 Å². The van der Waals surface area contributed by atoms with E-state index in [1.807, 2.05) is 0 Å². The Morgan fingerprint density at radius 2 is 2.36 bits per heavy atom. The summed E-state index contributed by atoms with van der Waals surface area (Å²) in [5, 5.41) is 17.3. The zero-order chi connectivity index (χ0) is 8.43. The summed E-state index contributed by atoms with van der Waals surface area (Å²) in [5.74, 6) is -1.21. The van der Waals surface area contributed by atoms with Crippen molar-refractivity contribution in [3.63, 3.8) is 0 Å². The summed E-state index contributed by atoms with van der Waals surface area (Å²) in [6.07, 6.45) is -0.207. The van der Waals surface area contributed by atoms with Crippen LogP contribution in [0.3, 0.4) is 0 Å². The molecule has 0 aliphatic rings. The van der Waals surface area contributed by atoms with Crippen LogP contribution in [0, 0.1) is 6.92 Å². The van der Waals surface area contributed by atoms with E-state index in [2.05, 4.69) is 0 Å². The van der Waals surface area contributed by atoms with Crippen LogP contribution in [-0.4, -0.2) is 16.2 Å². The second kappa shape index (κ2) is 2.75. The molecule has 0 aliphatic carbocycles. The van der Waals surface area contributed by atoms with Gasteiger partial charge in [-0.05, 0) is 18.6 Å². The fourth-order valence-electron chi connectivity index (χ4n) is 0.777. The quantitative estimate of drug-likeness (QED) is 0.661. The molecule has 11 heavy (non-hydrogen) atoms. The fourth-order valence-corrected chi connectivity index (χ4v) is 0.777. The second-order valence-corrected chi connectivity index (χ2v) is 2.21. The maximum absolute atomic E-state index is 10.2. The average Bonchev–Trinajstić information content (AvgIpc) is 2.33. The first-order chi connectivity index (χ1) is 5.13. The molecule has 0 amide bonds. The molecule has 0 bridgehead atoms. The maximum Gasteiger partial charge on any atom is 0.340 e. The lowest BCUT2D eigenvalue weighted by molar-refractivity contribution is -0.147. The van der Waals surface area contributed by atoms with E-state index in [1.165, 1.54) is 6.26 Å². The molecule has 0 saturated heterocycles. The number of carbonyl (C=O) groups is 1. The van der Waals surface area contributed by atoms with Crippen molar-refractivity contribution in [1.29, 1.82) is 0 Å². The Morgan fingerprint density at radius 1 is 1.73 bits per heavy atom. The van der Waals surface area contributed by atoms with E-state index in [0.717, 1.165) is 0 Å². The lowest BCUT2D eigenvalue weighted by atomic mass is 10.2. The molecule has 0 spiro atoms. The van der Waals surface area contributed by atoms with Crippen LogP contribution in [-0.2, 0) is 4.79 Å². The molecule has 1 atom stereocenters. The fraction of sp³-hybridized carbons (Fsp3) is 0.286. The molecule has 2 N–H and O–H groups in total. The third-order valence-corrected chi connectivity index (χ3v) is 1.38. The summed E-state index contributed by atoms with van der Waals surface area (Å²) < 4.78 is 4.76. The van der Waals surface area contributed by atoms with Gasteiger partial charge in [-0.15, -0.1) is 0 Å². The molecule has 0 aromatic carbocycles. The van der Waals surface area contributed by atoms with Crippen molar-refractivity contribution >= 4 is 5.97 Å². The van der Waals surface area contributed by atoms with Crippen molar-refractivity contribution < 1.29 is 19.4 Å². The van der Waals surface area contributed by atoms with Gasteiger partial charge in [0.05, 0.1) is 6.26 Å². The monoisotopic (exact) mass is 156 g/mol. The average molecular weight is 156 g/mol. The van der Waals surface area contributed by atoms with Gasteiger partial charge in [-0.25, -0.2) is 4.79 Å². The predicted octanol–water partition coefficient (Wildman–Crippen LogP) is 0.706. The standard InChI is InChI=1S/C7H8O4/c1-4-2-3-11-6(4)5(8)7(9)10/h2-3,5,8H,1H3,(H,9,10). The highest BCUT2D eigenvalue weighted by Crippen LogP contribution is 2.17. The minimum absolute atomic E-state index is 0.0949. The number of aliphatic hydroxyl groups is 1. The molecule has 1 aromatic rings. The van der Waals surface area contributed by atoms with E-state index in [1.54, 1.807) is 13.0 Å². The minimum atomic E-state index is -1.55. The van der Waals surface area contributed by atoms with Crippen LogP contribution >= 0.6 is 0 Å². The van der Waals surface area contributed by atoms with Crippen molar-refractivity contribution in [2.45, 2.75) is 13.0 Å². The van der Waals surface area contributed by atoms with Gasteiger partial charge in [-0.1, -0.05) is 0 Å². The van der Waals surface area contributed by atoms with E-state index < -0.39 is 12.1 Å². The highest BCUT2D eigenvalue weighted by molar-refractivity contribution is 5.73. The van der Waals surface area contributed by atoms with Crippen LogP contribution in [0.1, 0.15) is 17.4 Å². The number of hydrogen-bond acceptors (Lipinski definition) is 3. The van der Waals surface area contributed by atoms with Crippen molar-refractivity contribution in [3.05, 3.63) is 23.7 Å². The Kier molecular flexibility index (Phi) is 1.96. The maximum atomic E-state index is 10.2. The summed E-state index contributed by atoms with van der Waals surface area (Å²) in [7, 11) is 0. The van der Waals surface area contributed by atoms with Gasteiger partial charge in [0.15, 0.2) is 0 Å². The predicted molar refractivity (Wildman–Crippen MR) is 36.0 cm³/mol. The van der Waals surface area contributed by atoms with Crippen molar-refractivity contribution in [1.82, 2.24) is 0 Å². The van der Waals surface area contributed by atoms with Gasteiger partial charge < -0.3 is 14.6 Å². The number of carboxylic acid groups (broad SMARTS) is 1. The van der Waals surface area contributed by atoms with Crippen molar-refractivity contribution in [2.24, 2.45) is 0 Å². The number of furan rings is 1. The molecule has 1 unspecified atom stereocenters. The Labute approximate surface area is 63.1 Å². The molecule has 60 valence electrons. The molecule has 0 saturated carbocycles. The Morgan fingerprint density at radius 3 is 2.73 bits per heavy atom. The molecule has 4 nitrogen and oxygen atoms in total. The number of aryl methyl sites for hydroxylation is 1. The lowest BCUT2D eigenvalue weighted by Gasteiger charge is -2.01. The van der Waals surface area contributed by atoms with Gasteiger partial charge in [-0.3, -0.25) is 0 Å². The Bertz CT molecular complexity index is 263. The van der Waals surface area contributed by atoms with Crippen LogP contribution in [0.5, 0.6) is 0 Å². The van der Waals surface area contributed by atoms with E-state index in [4.69, 9.17) is 14.6 Å². The lowest BCUT2D eigenvalue weighted by Crippen LogP contribution is -2.10. The van der Waals surface area contributed by atoms with E-state index >= 15 is 0 Å². The summed E-state index contributed by atoms with van der Waals surface area (Å²) in [5.41, 5.74) is 0.639. The van der Waals surface area contributed by atoms with Gasteiger partial charge in [0, 0.05) is 0 Å². The Balaban J connectivity index is 2.92. The first-order valence-electron chi connectivity index (χ1n) is 3.08. The zero-order valence-electron chi connectivity index (χ0n) is 5.94. The van der Waals surface area contributed by atoms with Crippen LogP contribution < -0.4 is 0 Å². The molecule has 0 fully saturated rings. The molecule has 1 heterocycles. The highest BCUT2D eigenvalue weighted by Gasteiger charge is 2.20. The molecular formula is C7H8O4. The number of hydrogen-bond donors (Lipinski definition) is 2. The molecular weight excluding hydrogens is 148 g/mol. The summed E-state index contributed by atoms with van der Waals surface area (Å²) in [6, 6.07) is 1.60.